The van der Waals surface area contributed by atoms with Crippen LogP contribution in [0.3, 0.4) is 0 Å². The van der Waals surface area contributed by atoms with Crippen molar-refractivity contribution in [2.24, 2.45) is 0 Å². The van der Waals surface area contributed by atoms with Gasteiger partial charge in [0, 0.05) is 11.8 Å². The van der Waals surface area contributed by atoms with Crippen molar-refractivity contribution in [1.29, 1.82) is 0 Å². The Kier molecular flexibility index (Phi) is 4.50. The lowest BCUT2D eigenvalue weighted by Crippen LogP contribution is -2.30. The van der Waals surface area contributed by atoms with E-state index in [9.17, 15) is 4.79 Å². The van der Waals surface area contributed by atoms with Gasteiger partial charge in [0.15, 0.2) is 17.6 Å². The van der Waals surface area contributed by atoms with Crippen LogP contribution in [0.1, 0.15) is 6.92 Å². The highest BCUT2D eigenvalue weighted by Gasteiger charge is 2.19. The second-order valence-electron chi connectivity index (χ2n) is 4.87. The number of hydrogen-bond donors (Lipinski definition) is 1. The number of ether oxygens (including phenoxy) is 3. The van der Waals surface area contributed by atoms with E-state index >= 15 is 0 Å². The summed E-state index contributed by atoms with van der Waals surface area (Å²) in [5, 5.41) is 3.39. The second-order valence-corrected chi connectivity index (χ2v) is 5.65. The molecule has 0 radical (unpaired) electrons. The summed E-state index contributed by atoms with van der Waals surface area (Å²) in [4.78, 5) is 12.2. The van der Waals surface area contributed by atoms with Crippen LogP contribution in [0.25, 0.3) is 0 Å². The molecular weight excluding hydrogens is 341 g/mol. The zero-order valence-corrected chi connectivity index (χ0v) is 13.6. The minimum Gasteiger partial charge on any atom is -0.479 e. The van der Waals surface area contributed by atoms with Crippen molar-refractivity contribution in [3.63, 3.8) is 0 Å². The largest absolute Gasteiger partial charge is 0.479 e. The number of carbonyl (C=O) groups is 1. The minimum absolute atomic E-state index is 0.180. The van der Waals surface area contributed by atoms with E-state index in [2.05, 4.69) is 5.32 Å². The molecule has 1 aliphatic heterocycles. The van der Waals surface area contributed by atoms with E-state index < -0.39 is 6.10 Å². The van der Waals surface area contributed by atoms with Crippen LogP contribution in [-0.4, -0.2) is 18.8 Å². The van der Waals surface area contributed by atoms with E-state index in [4.69, 9.17) is 37.4 Å². The maximum Gasteiger partial charge on any atom is 0.265 e. The van der Waals surface area contributed by atoms with E-state index in [1.54, 1.807) is 43.3 Å². The Labute approximate surface area is 143 Å². The molecule has 3 rings (SSSR count). The fraction of sp³-hybridized carbons (Fsp3) is 0.188. The van der Waals surface area contributed by atoms with E-state index in [1.165, 1.54) is 0 Å². The number of nitrogens with one attached hydrogen (secondary N) is 1. The van der Waals surface area contributed by atoms with Crippen molar-refractivity contribution in [3.8, 4) is 17.2 Å². The highest BCUT2D eigenvalue weighted by molar-refractivity contribution is 6.42. The van der Waals surface area contributed by atoms with Crippen LogP contribution in [0.4, 0.5) is 5.69 Å². The van der Waals surface area contributed by atoms with Gasteiger partial charge in [-0.05, 0) is 31.2 Å². The molecule has 7 heteroatoms. The molecule has 5 nitrogen and oxygen atoms in total. The number of amides is 1. The van der Waals surface area contributed by atoms with Gasteiger partial charge < -0.3 is 19.5 Å². The van der Waals surface area contributed by atoms with Gasteiger partial charge in [0.25, 0.3) is 5.91 Å². The maximum atomic E-state index is 12.2. The normalized spacial score (nSPS) is 13.5. The molecule has 2 aromatic rings. The van der Waals surface area contributed by atoms with Gasteiger partial charge in [0.2, 0.25) is 6.79 Å². The monoisotopic (exact) mass is 353 g/mol. The highest BCUT2D eigenvalue weighted by atomic mass is 35.5. The van der Waals surface area contributed by atoms with Crippen molar-refractivity contribution in [1.82, 2.24) is 0 Å². The van der Waals surface area contributed by atoms with E-state index in [0.29, 0.717) is 28.0 Å². The lowest BCUT2D eigenvalue weighted by molar-refractivity contribution is -0.122. The van der Waals surface area contributed by atoms with Crippen molar-refractivity contribution < 1.29 is 19.0 Å². The molecule has 1 N–H and O–H groups in total. The molecule has 0 saturated carbocycles. The Bertz CT molecular complexity index is 751. The summed E-state index contributed by atoms with van der Waals surface area (Å²) in [6.45, 7) is 1.80. The van der Waals surface area contributed by atoms with Crippen LogP contribution in [0, 0.1) is 0 Å². The zero-order valence-electron chi connectivity index (χ0n) is 12.1. The molecule has 0 aromatic heterocycles. The van der Waals surface area contributed by atoms with Gasteiger partial charge in [-0.2, -0.15) is 0 Å². The molecule has 23 heavy (non-hydrogen) atoms. The molecule has 0 saturated heterocycles. The minimum atomic E-state index is -0.753. The predicted molar refractivity (Wildman–Crippen MR) is 87.7 cm³/mol. The molecule has 1 aliphatic rings. The predicted octanol–water partition coefficient (Wildman–Crippen LogP) is 4.13. The summed E-state index contributed by atoms with van der Waals surface area (Å²) in [6, 6.07) is 10.2. The highest BCUT2D eigenvalue weighted by Crippen LogP contribution is 2.34. The van der Waals surface area contributed by atoms with Crippen molar-refractivity contribution in [2.45, 2.75) is 13.0 Å². The summed E-state index contributed by atoms with van der Waals surface area (Å²) in [5.41, 5.74) is 0.590. The molecule has 1 atom stereocenters. The Hall–Kier alpha value is -2.11. The summed E-state index contributed by atoms with van der Waals surface area (Å²) >= 11 is 12.0. The van der Waals surface area contributed by atoms with Gasteiger partial charge in [-0.3, -0.25) is 4.79 Å². The van der Waals surface area contributed by atoms with Gasteiger partial charge in [0.05, 0.1) is 5.02 Å². The second kappa shape index (κ2) is 6.56. The van der Waals surface area contributed by atoms with Crippen LogP contribution in [0.5, 0.6) is 17.2 Å². The number of anilines is 1. The molecule has 0 aliphatic carbocycles. The van der Waals surface area contributed by atoms with Crippen molar-refractivity contribution >= 4 is 34.8 Å². The first-order chi connectivity index (χ1) is 11.0. The number of carbonyl (C=O) groups excluding carboxylic acids is 1. The van der Waals surface area contributed by atoms with E-state index in [0.717, 1.165) is 0 Å². The van der Waals surface area contributed by atoms with Gasteiger partial charge in [0.1, 0.15) is 10.8 Å². The number of halogens is 2. The molecule has 0 bridgehead atoms. The van der Waals surface area contributed by atoms with Crippen molar-refractivity contribution in [3.05, 3.63) is 46.4 Å². The quantitative estimate of drug-likeness (QED) is 0.897. The fourth-order valence-electron chi connectivity index (χ4n) is 2.04. The third kappa shape index (κ3) is 3.46. The van der Waals surface area contributed by atoms with Gasteiger partial charge >= 0.3 is 0 Å². The number of rotatable bonds is 4. The van der Waals surface area contributed by atoms with Gasteiger partial charge in [-0.25, -0.2) is 0 Å². The smallest absolute Gasteiger partial charge is 0.265 e. The van der Waals surface area contributed by atoms with E-state index in [1.807, 2.05) is 0 Å². The Morgan fingerprint density at radius 2 is 2.00 bits per heavy atom. The first kappa shape index (κ1) is 15.8. The van der Waals surface area contributed by atoms with Crippen LogP contribution < -0.4 is 19.5 Å². The summed E-state index contributed by atoms with van der Waals surface area (Å²) in [7, 11) is 0. The van der Waals surface area contributed by atoms with Gasteiger partial charge in [-0.15, -0.1) is 0 Å². The molecule has 0 spiro atoms. The summed E-state index contributed by atoms with van der Waals surface area (Å²) in [6.07, 6.45) is -0.753. The fourth-order valence-corrected chi connectivity index (χ4v) is 2.37. The molecule has 2 aromatic carbocycles. The zero-order chi connectivity index (χ0) is 16.4. The Morgan fingerprint density at radius 3 is 2.83 bits per heavy atom. The lowest BCUT2D eigenvalue weighted by atomic mass is 10.2. The molecule has 0 unspecified atom stereocenters. The molecular formula is C16H13Cl2NO4. The van der Waals surface area contributed by atoms with Crippen LogP contribution in [-0.2, 0) is 4.79 Å². The van der Waals surface area contributed by atoms with E-state index in [-0.39, 0.29) is 17.7 Å². The SMILES string of the molecule is C[C@H](Oc1cccc(Cl)c1Cl)C(=O)Nc1ccc2c(c1)OCO2. The van der Waals surface area contributed by atoms with Crippen LogP contribution in [0.15, 0.2) is 36.4 Å². The number of fused-ring (bicyclic) bond motifs is 1. The standard InChI is InChI=1S/C16H13Cl2NO4/c1-9(23-13-4-2-3-11(17)15(13)18)16(20)19-10-5-6-12-14(7-10)22-8-21-12/h2-7,9H,8H2,1H3,(H,19,20)/t9-/m0/s1. The third-order valence-electron chi connectivity index (χ3n) is 3.23. The average molecular weight is 354 g/mol. The first-order valence-corrected chi connectivity index (χ1v) is 7.61. The topological polar surface area (TPSA) is 56.8 Å². The molecule has 0 fully saturated rings. The maximum absolute atomic E-state index is 12.2. The number of benzene rings is 2. The number of hydrogen-bond acceptors (Lipinski definition) is 4. The first-order valence-electron chi connectivity index (χ1n) is 6.86. The van der Waals surface area contributed by atoms with Crippen LogP contribution in [0.2, 0.25) is 10.0 Å². The summed E-state index contributed by atoms with van der Waals surface area (Å²) in [5.74, 6) is 1.28. The van der Waals surface area contributed by atoms with Crippen LogP contribution >= 0.6 is 23.2 Å². The lowest BCUT2D eigenvalue weighted by Gasteiger charge is -2.16. The molecule has 1 heterocycles. The average Bonchev–Trinajstić information content (AvgIpc) is 2.99. The molecule has 1 amide bonds. The van der Waals surface area contributed by atoms with Gasteiger partial charge in [-0.1, -0.05) is 29.3 Å². The Balaban J connectivity index is 1.67. The summed E-state index contributed by atoms with van der Waals surface area (Å²) < 4.78 is 16.1. The van der Waals surface area contributed by atoms with Crippen molar-refractivity contribution in [2.75, 3.05) is 12.1 Å². The molecule has 120 valence electrons. The third-order valence-corrected chi connectivity index (χ3v) is 4.03. The Morgan fingerprint density at radius 1 is 1.22 bits per heavy atom.